The third kappa shape index (κ3) is 15.4. The Morgan fingerprint density at radius 2 is 1.18 bits per heavy atom. The lowest BCUT2D eigenvalue weighted by Crippen LogP contribution is -1.93. The molecule has 0 saturated heterocycles. The minimum absolute atomic E-state index is 0.321. The second-order valence-electron chi connectivity index (χ2n) is 4.65. The number of carboxylic acids is 1. The van der Waals surface area contributed by atoms with Crippen molar-refractivity contribution >= 4 is 5.97 Å². The molecule has 2 N–H and O–H groups in total. The SMILES string of the molecule is O=C(O)CCCCCCCCCCCC[CH]O. The molecule has 17 heavy (non-hydrogen) atoms. The summed E-state index contributed by atoms with van der Waals surface area (Å²) in [6, 6.07) is 0. The summed E-state index contributed by atoms with van der Waals surface area (Å²) in [6.07, 6.45) is 12.9. The first-order valence-electron chi connectivity index (χ1n) is 6.95. The smallest absolute Gasteiger partial charge is 0.303 e. The molecule has 0 aliphatic rings. The fraction of sp³-hybridized carbons (Fsp3) is 0.857. The fourth-order valence-electron chi connectivity index (χ4n) is 1.93. The molecule has 0 aliphatic carbocycles. The Morgan fingerprint density at radius 1 is 0.765 bits per heavy atom. The van der Waals surface area contributed by atoms with Gasteiger partial charge < -0.3 is 10.2 Å². The van der Waals surface area contributed by atoms with Crippen molar-refractivity contribution < 1.29 is 15.0 Å². The Kier molecular flexibility index (Phi) is 13.0. The lowest BCUT2D eigenvalue weighted by molar-refractivity contribution is -0.137. The predicted molar refractivity (Wildman–Crippen MR) is 69.3 cm³/mol. The van der Waals surface area contributed by atoms with E-state index in [1.165, 1.54) is 51.6 Å². The van der Waals surface area contributed by atoms with E-state index in [1.807, 2.05) is 0 Å². The topological polar surface area (TPSA) is 57.5 Å². The number of aliphatic carboxylic acids is 1. The highest BCUT2D eigenvalue weighted by atomic mass is 16.4. The Morgan fingerprint density at radius 3 is 1.59 bits per heavy atom. The summed E-state index contributed by atoms with van der Waals surface area (Å²) in [5, 5.41) is 16.9. The van der Waals surface area contributed by atoms with E-state index in [0.29, 0.717) is 6.42 Å². The van der Waals surface area contributed by atoms with Crippen molar-refractivity contribution in [1.82, 2.24) is 0 Å². The van der Waals surface area contributed by atoms with Crippen LogP contribution in [0.4, 0.5) is 0 Å². The molecule has 0 unspecified atom stereocenters. The molecule has 0 amide bonds. The first-order chi connectivity index (χ1) is 8.27. The molecule has 3 nitrogen and oxygen atoms in total. The van der Waals surface area contributed by atoms with E-state index in [4.69, 9.17) is 10.2 Å². The number of carboxylic acid groups (broad SMARTS) is 1. The second kappa shape index (κ2) is 13.5. The summed E-state index contributed by atoms with van der Waals surface area (Å²) in [6.45, 7) is 1.25. The van der Waals surface area contributed by atoms with Crippen LogP contribution < -0.4 is 0 Å². The highest BCUT2D eigenvalue weighted by molar-refractivity contribution is 5.66. The molecule has 0 heterocycles. The first-order valence-corrected chi connectivity index (χ1v) is 6.95. The largest absolute Gasteiger partial charge is 0.481 e. The van der Waals surface area contributed by atoms with Crippen LogP contribution in [0, 0.1) is 6.61 Å². The molecule has 0 aromatic carbocycles. The van der Waals surface area contributed by atoms with E-state index in [2.05, 4.69) is 0 Å². The van der Waals surface area contributed by atoms with Crippen LogP contribution in [0.1, 0.15) is 77.0 Å². The van der Waals surface area contributed by atoms with Crippen LogP contribution in [0.5, 0.6) is 0 Å². The number of hydrogen-bond acceptors (Lipinski definition) is 2. The maximum atomic E-state index is 10.3. The molecule has 0 fully saturated rings. The number of aliphatic hydroxyl groups excluding tert-OH is 1. The maximum absolute atomic E-state index is 10.3. The van der Waals surface area contributed by atoms with Crippen LogP contribution in [0.3, 0.4) is 0 Å². The van der Waals surface area contributed by atoms with Gasteiger partial charge in [-0.2, -0.15) is 0 Å². The number of rotatable bonds is 13. The predicted octanol–water partition coefficient (Wildman–Crippen LogP) is 4.29. The van der Waals surface area contributed by atoms with E-state index >= 15 is 0 Å². The maximum Gasteiger partial charge on any atom is 0.303 e. The minimum Gasteiger partial charge on any atom is -0.481 e. The van der Waals surface area contributed by atoms with Gasteiger partial charge in [-0.3, -0.25) is 4.79 Å². The van der Waals surface area contributed by atoms with Gasteiger partial charge in [0.1, 0.15) is 0 Å². The Bertz CT molecular complexity index is 169. The number of unbranched alkanes of at least 4 members (excludes halogenated alkanes) is 10. The van der Waals surface area contributed by atoms with Crippen molar-refractivity contribution in [2.45, 2.75) is 77.0 Å². The summed E-state index contributed by atoms with van der Waals surface area (Å²) < 4.78 is 0. The van der Waals surface area contributed by atoms with Crippen LogP contribution in [0.25, 0.3) is 0 Å². The van der Waals surface area contributed by atoms with Crippen molar-refractivity contribution in [3.8, 4) is 0 Å². The van der Waals surface area contributed by atoms with Gasteiger partial charge in [0.05, 0.1) is 6.61 Å². The van der Waals surface area contributed by atoms with Crippen LogP contribution in [-0.2, 0) is 4.79 Å². The highest BCUT2D eigenvalue weighted by Crippen LogP contribution is 2.12. The second-order valence-corrected chi connectivity index (χ2v) is 4.65. The molecule has 3 heteroatoms. The lowest BCUT2D eigenvalue weighted by Gasteiger charge is -2.01. The Balaban J connectivity index is 2.91. The zero-order valence-electron chi connectivity index (χ0n) is 10.9. The van der Waals surface area contributed by atoms with Gasteiger partial charge in [0, 0.05) is 6.42 Å². The van der Waals surface area contributed by atoms with Crippen molar-refractivity contribution in [2.75, 3.05) is 0 Å². The molecule has 0 aliphatic heterocycles. The van der Waals surface area contributed by atoms with Gasteiger partial charge in [0.25, 0.3) is 0 Å². The molecule has 0 bridgehead atoms. The van der Waals surface area contributed by atoms with Gasteiger partial charge in [-0.25, -0.2) is 0 Å². The number of aliphatic hydroxyl groups is 1. The van der Waals surface area contributed by atoms with Crippen molar-refractivity contribution in [3.63, 3.8) is 0 Å². The van der Waals surface area contributed by atoms with Gasteiger partial charge >= 0.3 is 5.97 Å². The molecule has 0 spiro atoms. The summed E-state index contributed by atoms with van der Waals surface area (Å²) in [5.41, 5.74) is 0. The third-order valence-corrected chi connectivity index (χ3v) is 2.97. The third-order valence-electron chi connectivity index (χ3n) is 2.97. The standard InChI is InChI=1S/C14H27O3/c15-13-11-9-7-5-3-1-2-4-6-8-10-12-14(16)17/h13,15H,1-12H2,(H,16,17). The van der Waals surface area contributed by atoms with E-state index in [0.717, 1.165) is 25.7 Å². The summed E-state index contributed by atoms with van der Waals surface area (Å²) >= 11 is 0. The van der Waals surface area contributed by atoms with Crippen molar-refractivity contribution in [2.24, 2.45) is 0 Å². The lowest BCUT2D eigenvalue weighted by atomic mass is 10.1. The molecular weight excluding hydrogens is 216 g/mol. The molecule has 1 radical (unpaired) electrons. The molecule has 0 saturated carbocycles. The summed E-state index contributed by atoms with van der Waals surface area (Å²) in [5.74, 6) is -0.676. The van der Waals surface area contributed by atoms with Crippen LogP contribution in [0.2, 0.25) is 0 Å². The number of carbonyl (C=O) groups is 1. The van der Waals surface area contributed by atoms with Gasteiger partial charge in [-0.05, 0) is 12.8 Å². The van der Waals surface area contributed by atoms with Crippen LogP contribution in [-0.4, -0.2) is 16.2 Å². The van der Waals surface area contributed by atoms with E-state index in [1.54, 1.807) is 0 Å². The molecule has 0 aromatic heterocycles. The van der Waals surface area contributed by atoms with Gasteiger partial charge in [0.2, 0.25) is 0 Å². The zero-order chi connectivity index (χ0) is 12.8. The van der Waals surface area contributed by atoms with E-state index in [9.17, 15) is 4.79 Å². The summed E-state index contributed by atoms with van der Waals surface area (Å²) in [4.78, 5) is 10.3. The van der Waals surface area contributed by atoms with E-state index in [-0.39, 0.29) is 0 Å². The number of hydrogen-bond donors (Lipinski definition) is 2. The molecule has 0 rings (SSSR count). The molecule has 0 aromatic rings. The Hall–Kier alpha value is -0.570. The van der Waals surface area contributed by atoms with Gasteiger partial charge in [0.15, 0.2) is 0 Å². The minimum atomic E-state index is -0.676. The van der Waals surface area contributed by atoms with Crippen molar-refractivity contribution in [1.29, 1.82) is 0 Å². The normalized spacial score (nSPS) is 10.6. The molecule has 101 valence electrons. The quantitative estimate of drug-likeness (QED) is 0.474. The monoisotopic (exact) mass is 243 g/mol. The average molecular weight is 243 g/mol. The fourth-order valence-corrected chi connectivity index (χ4v) is 1.93. The summed E-state index contributed by atoms with van der Waals surface area (Å²) in [7, 11) is 0. The first kappa shape index (κ1) is 16.4. The van der Waals surface area contributed by atoms with Crippen LogP contribution in [0.15, 0.2) is 0 Å². The molecule has 0 atom stereocenters. The van der Waals surface area contributed by atoms with Gasteiger partial charge in [-0.15, -0.1) is 0 Å². The average Bonchev–Trinajstić information content (AvgIpc) is 2.30. The van der Waals surface area contributed by atoms with Crippen molar-refractivity contribution in [3.05, 3.63) is 6.61 Å². The van der Waals surface area contributed by atoms with Gasteiger partial charge in [-0.1, -0.05) is 57.8 Å². The zero-order valence-corrected chi connectivity index (χ0v) is 10.9. The van der Waals surface area contributed by atoms with Crippen LogP contribution >= 0.6 is 0 Å². The molecular formula is C14H27O3. The van der Waals surface area contributed by atoms with E-state index < -0.39 is 5.97 Å². The Labute approximate surface area is 105 Å². The highest BCUT2D eigenvalue weighted by Gasteiger charge is 1.96.